The molecule has 21 heavy (non-hydrogen) atoms. The van der Waals surface area contributed by atoms with Gasteiger partial charge >= 0.3 is 5.97 Å². The van der Waals surface area contributed by atoms with Gasteiger partial charge in [0.05, 0.1) is 5.41 Å². The van der Waals surface area contributed by atoms with Gasteiger partial charge in [0, 0.05) is 23.1 Å². The van der Waals surface area contributed by atoms with Crippen LogP contribution in [0.3, 0.4) is 0 Å². The molecule has 0 spiro atoms. The predicted molar refractivity (Wildman–Crippen MR) is 79.6 cm³/mol. The van der Waals surface area contributed by atoms with Crippen LogP contribution in [0.25, 0.3) is 0 Å². The second-order valence-corrected chi connectivity index (χ2v) is 6.39. The highest BCUT2D eigenvalue weighted by molar-refractivity contribution is 9.10. The first kappa shape index (κ1) is 15.9. The van der Waals surface area contributed by atoms with E-state index in [1.165, 1.54) is 17.0 Å². The molecule has 1 heterocycles. The summed E-state index contributed by atoms with van der Waals surface area (Å²) < 4.78 is 13.9. The fraction of sp³-hybridized carbons (Fsp3) is 0.467. The maximum Gasteiger partial charge on any atom is 0.311 e. The summed E-state index contributed by atoms with van der Waals surface area (Å²) in [6.45, 7) is 2.50. The lowest BCUT2D eigenvalue weighted by atomic mass is 9.83. The predicted octanol–water partition coefficient (Wildman–Crippen LogP) is 3.31. The van der Waals surface area contributed by atoms with Crippen molar-refractivity contribution in [3.05, 3.63) is 34.1 Å². The molecule has 1 aromatic carbocycles. The lowest BCUT2D eigenvalue weighted by Gasteiger charge is -2.24. The van der Waals surface area contributed by atoms with Gasteiger partial charge in [0.1, 0.15) is 5.82 Å². The van der Waals surface area contributed by atoms with Gasteiger partial charge in [-0.1, -0.05) is 29.3 Å². The molecular formula is C15H17BrFNO3. The van der Waals surface area contributed by atoms with Crippen molar-refractivity contribution in [2.75, 3.05) is 13.1 Å². The van der Waals surface area contributed by atoms with Gasteiger partial charge in [0.2, 0.25) is 0 Å². The summed E-state index contributed by atoms with van der Waals surface area (Å²) in [6.07, 6.45) is 1.73. The summed E-state index contributed by atoms with van der Waals surface area (Å²) in [6, 6.07) is 4.00. The van der Waals surface area contributed by atoms with E-state index in [1.807, 2.05) is 6.92 Å². The minimum absolute atomic E-state index is 0.184. The first-order valence-electron chi connectivity index (χ1n) is 6.87. The Labute approximate surface area is 131 Å². The van der Waals surface area contributed by atoms with Crippen LogP contribution in [0.5, 0.6) is 0 Å². The van der Waals surface area contributed by atoms with Crippen molar-refractivity contribution in [3.63, 3.8) is 0 Å². The molecule has 114 valence electrons. The summed E-state index contributed by atoms with van der Waals surface area (Å²) in [4.78, 5) is 25.4. The van der Waals surface area contributed by atoms with Crippen LogP contribution in [0.15, 0.2) is 22.7 Å². The van der Waals surface area contributed by atoms with E-state index in [-0.39, 0.29) is 18.0 Å². The molecule has 1 aliphatic rings. The average Bonchev–Trinajstić information content (AvgIpc) is 2.83. The fourth-order valence-electron chi connectivity index (χ4n) is 2.87. The van der Waals surface area contributed by atoms with E-state index in [9.17, 15) is 19.1 Å². The van der Waals surface area contributed by atoms with E-state index in [2.05, 4.69) is 15.9 Å². The summed E-state index contributed by atoms with van der Waals surface area (Å²) in [5.74, 6) is -1.68. The molecule has 1 atom stereocenters. The van der Waals surface area contributed by atoms with Gasteiger partial charge in [0.25, 0.3) is 5.91 Å². The van der Waals surface area contributed by atoms with Crippen LogP contribution in [-0.4, -0.2) is 35.0 Å². The molecule has 1 fully saturated rings. The molecule has 1 unspecified atom stereocenters. The van der Waals surface area contributed by atoms with Crippen molar-refractivity contribution in [2.24, 2.45) is 5.41 Å². The van der Waals surface area contributed by atoms with E-state index in [0.29, 0.717) is 23.9 Å². The highest BCUT2D eigenvalue weighted by Crippen LogP contribution is 2.36. The molecule has 0 aromatic heterocycles. The second kappa shape index (κ2) is 6.13. The molecule has 0 bridgehead atoms. The Hall–Kier alpha value is -1.43. The molecular weight excluding hydrogens is 341 g/mol. The Kier molecular flexibility index (Phi) is 4.66. The summed E-state index contributed by atoms with van der Waals surface area (Å²) >= 11 is 3.16. The van der Waals surface area contributed by atoms with E-state index >= 15 is 0 Å². The summed E-state index contributed by atoms with van der Waals surface area (Å²) in [7, 11) is 0. The molecule has 4 nitrogen and oxygen atoms in total. The first-order valence-corrected chi connectivity index (χ1v) is 7.66. The van der Waals surface area contributed by atoms with Crippen LogP contribution in [0.2, 0.25) is 0 Å². The minimum Gasteiger partial charge on any atom is -0.481 e. The SMILES string of the molecule is CCCC1(C(=O)O)CCN(C(=O)c2cc(F)cc(Br)c2)C1. The number of likely N-dealkylation sites (tertiary alicyclic amines) is 1. The number of carboxylic acids is 1. The number of rotatable bonds is 4. The number of nitrogens with zero attached hydrogens (tertiary/aromatic N) is 1. The zero-order valence-electron chi connectivity index (χ0n) is 11.7. The Bertz CT molecular complexity index is 558. The maximum atomic E-state index is 13.4. The van der Waals surface area contributed by atoms with Crippen molar-refractivity contribution in [1.29, 1.82) is 0 Å². The maximum absolute atomic E-state index is 13.4. The third-order valence-corrected chi connectivity index (χ3v) is 4.39. The second-order valence-electron chi connectivity index (χ2n) is 5.47. The van der Waals surface area contributed by atoms with Crippen LogP contribution in [0, 0.1) is 11.2 Å². The number of carboxylic acid groups (broad SMARTS) is 1. The molecule has 1 N–H and O–H groups in total. The number of benzene rings is 1. The number of hydrogen-bond acceptors (Lipinski definition) is 2. The molecule has 0 aliphatic carbocycles. The topological polar surface area (TPSA) is 57.6 Å². The van der Waals surface area contributed by atoms with Crippen molar-refractivity contribution in [3.8, 4) is 0 Å². The normalized spacial score (nSPS) is 21.6. The Balaban J connectivity index is 2.20. The summed E-state index contributed by atoms with van der Waals surface area (Å²) in [5, 5.41) is 9.45. The number of halogens is 2. The molecule has 0 radical (unpaired) electrons. The number of carbonyl (C=O) groups excluding carboxylic acids is 1. The largest absolute Gasteiger partial charge is 0.481 e. The highest BCUT2D eigenvalue weighted by atomic mass is 79.9. The minimum atomic E-state index is -0.866. The van der Waals surface area contributed by atoms with Crippen molar-refractivity contribution in [2.45, 2.75) is 26.2 Å². The van der Waals surface area contributed by atoms with Gasteiger partial charge in [-0.2, -0.15) is 0 Å². The first-order chi connectivity index (χ1) is 9.88. The molecule has 0 saturated carbocycles. The van der Waals surface area contributed by atoms with E-state index < -0.39 is 17.2 Å². The quantitative estimate of drug-likeness (QED) is 0.899. The number of aliphatic carboxylic acids is 1. The van der Waals surface area contributed by atoms with E-state index in [1.54, 1.807) is 6.07 Å². The van der Waals surface area contributed by atoms with Gasteiger partial charge in [-0.3, -0.25) is 9.59 Å². The lowest BCUT2D eigenvalue weighted by Crippen LogP contribution is -2.37. The Morgan fingerprint density at radius 2 is 2.14 bits per heavy atom. The van der Waals surface area contributed by atoms with Crippen molar-refractivity contribution < 1.29 is 19.1 Å². The van der Waals surface area contributed by atoms with Crippen LogP contribution < -0.4 is 0 Å². The van der Waals surface area contributed by atoms with E-state index in [0.717, 1.165) is 6.42 Å². The van der Waals surface area contributed by atoms with Crippen LogP contribution >= 0.6 is 15.9 Å². The third-order valence-electron chi connectivity index (χ3n) is 3.93. The standard InChI is InChI=1S/C15H17BrFNO3/c1-2-3-15(14(20)21)4-5-18(9-15)13(19)10-6-11(16)8-12(17)7-10/h6-8H,2-5,9H2,1H3,(H,20,21). The van der Waals surface area contributed by atoms with Crippen molar-refractivity contribution in [1.82, 2.24) is 4.90 Å². The van der Waals surface area contributed by atoms with Gasteiger partial charge in [0.15, 0.2) is 0 Å². The van der Waals surface area contributed by atoms with Gasteiger partial charge in [-0.25, -0.2) is 4.39 Å². The number of carbonyl (C=O) groups is 2. The third kappa shape index (κ3) is 3.26. The average molecular weight is 358 g/mol. The summed E-state index contributed by atoms with van der Waals surface area (Å²) in [5.41, 5.74) is -0.630. The van der Waals surface area contributed by atoms with Gasteiger partial charge in [-0.05, 0) is 31.0 Å². The lowest BCUT2D eigenvalue weighted by molar-refractivity contribution is -0.148. The monoisotopic (exact) mass is 357 g/mol. The van der Waals surface area contributed by atoms with Gasteiger partial charge < -0.3 is 10.0 Å². The van der Waals surface area contributed by atoms with Crippen LogP contribution in [0.1, 0.15) is 36.5 Å². The molecule has 1 amide bonds. The Morgan fingerprint density at radius 3 is 2.71 bits per heavy atom. The zero-order valence-corrected chi connectivity index (χ0v) is 13.3. The molecule has 6 heteroatoms. The van der Waals surface area contributed by atoms with Crippen LogP contribution in [0.4, 0.5) is 4.39 Å². The molecule has 1 aliphatic heterocycles. The fourth-order valence-corrected chi connectivity index (χ4v) is 3.34. The van der Waals surface area contributed by atoms with Gasteiger partial charge in [-0.15, -0.1) is 0 Å². The highest BCUT2D eigenvalue weighted by Gasteiger charge is 2.45. The molecule has 1 saturated heterocycles. The zero-order chi connectivity index (χ0) is 15.6. The molecule has 2 rings (SSSR count). The molecule has 1 aromatic rings. The number of hydrogen-bond donors (Lipinski definition) is 1. The smallest absolute Gasteiger partial charge is 0.311 e. The van der Waals surface area contributed by atoms with E-state index in [4.69, 9.17) is 0 Å². The van der Waals surface area contributed by atoms with Crippen molar-refractivity contribution >= 4 is 27.8 Å². The van der Waals surface area contributed by atoms with Crippen LogP contribution in [-0.2, 0) is 4.79 Å². The number of amides is 1. The Morgan fingerprint density at radius 1 is 1.43 bits per heavy atom.